The van der Waals surface area contributed by atoms with Gasteiger partial charge in [-0.2, -0.15) is 0 Å². The SMILES string of the molecule is CCOC(=O)C(=CC=C(Cl)c1cccc(Cl)c1)CCl. The molecule has 0 aliphatic heterocycles. The molecular weight excluding hydrogens is 307 g/mol. The van der Waals surface area contributed by atoms with Crippen LogP contribution in [0, 0.1) is 0 Å². The van der Waals surface area contributed by atoms with Gasteiger partial charge in [-0.15, -0.1) is 11.6 Å². The number of benzene rings is 1. The number of hydrogen-bond acceptors (Lipinski definition) is 2. The molecule has 102 valence electrons. The number of halogens is 3. The maximum Gasteiger partial charge on any atom is 0.335 e. The highest BCUT2D eigenvalue weighted by Gasteiger charge is 2.08. The van der Waals surface area contributed by atoms with Crippen LogP contribution in [0.1, 0.15) is 12.5 Å². The van der Waals surface area contributed by atoms with Crippen molar-refractivity contribution in [2.24, 2.45) is 0 Å². The van der Waals surface area contributed by atoms with Crippen LogP contribution >= 0.6 is 34.8 Å². The molecule has 0 spiro atoms. The van der Waals surface area contributed by atoms with Crippen molar-refractivity contribution in [2.45, 2.75) is 6.92 Å². The molecule has 0 radical (unpaired) electrons. The highest BCUT2D eigenvalue weighted by molar-refractivity contribution is 6.49. The zero-order valence-corrected chi connectivity index (χ0v) is 12.6. The third-order valence-electron chi connectivity index (χ3n) is 2.21. The van der Waals surface area contributed by atoms with Gasteiger partial charge in [0.15, 0.2) is 0 Å². The maximum absolute atomic E-state index is 11.5. The van der Waals surface area contributed by atoms with Crippen LogP contribution in [0.25, 0.3) is 5.03 Å². The first-order valence-corrected chi connectivity index (χ1v) is 6.93. The van der Waals surface area contributed by atoms with E-state index in [1.807, 2.05) is 6.07 Å². The van der Waals surface area contributed by atoms with Gasteiger partial charge in [0.1, 0.15) is 0 Å². The predicted octanol–water partition coefficient (Wildman–Crippen LogP) is 4.65. The van der Waals surface area contributed by atoms with Crippen LogP contribution < -0.4 is 0 Å². The van der Waals surface area contributed by atoms with Gasteiger partial charge in [0.05, 0.1) is 18.1 Å². The van der Waals surface area contributed by atoms with Gasteiger partial charge in [-0.05, 0) is 36.8 Å². The molecule has 0 bridgehead atoms. The molecule has 0 aliphatic carbocycles. The number of esters is 1. The molecule has 0 saturated heterocycles. The van der Waals surface area contributed by atoms with Crippen LogP contribution in [0.3, 0.4) is 0 Å². The van der Waals surface area contributed by atoms with E-state index in [-0.39, 0.29) is 5.88 Å². The summed E-state index contributed by atoms with van der Waals surface area (Å²) in [5.41, 5.74) is 1.12. The monoisotopic (exact) mass is 318 g/mol. The van der Waals surface area contributed by atoms with E-state index in [1.54, 1.807) is 37.3 Å². The second kappa shape index (κ2) is 8.26. The molecule has 1 aromatic carbocycles. The van der Waals surface area contributed by atoms with Gasteiger partial charge >= 0.3 is 5.97 Å². The van der Waals surface area contributed by atoms with Gasteiger partial charge in [0.2, 0.25) is 0 Å². The van der Waals surface area contributed by atoms with Gasteiger partial charge in [0.25, 0.3) is 0 Å². The topological polar surface area (TPSA) is 26.3 Å². The summed E-state index contributed by atoms with van der Waals surface area (Å²) in [5, 5.41) is 1.06. The molecule has 0 aliphatic rings. The normalized spacial score (nSPS) is 12.4. The second-order valence-electron chi connectivity index (χ2n) is 3.57. The molecule has 1 rings (SSSR count). The van der Waals surface area contributed by atoms with Crippen molar-refractivity contribution in [1.82, 2.24) is 0 Å². The fourth-order valence-corrected chi connectivity index (χ4v) is 1.87. The third-order valence-corrected chi connectivity index (χ3v) is 3.08. The summed E-state index contributed by atoms with van der Waals surface area (Å²) in [5.74, 6) is -0.376. The summed E-state index contributed by atoms with van der Waals surface area (Å²) >= 11 is 17.7. The lowest BCUT2D eigenvalue weighted by Gasteiger charge is -2.02. The van der Waals surface area contributed by atoms with Gasteiger partial charge < -0.3 is 4.74 Å². The van der Waals surface area contributed by atoms with E-state index >= 15 is 0 Å². The largest absolute Gasteiger partial charge is 0.463 e. The van der Waals surface area contributed by atoms with Crippen LogP contribution in [0.5, 0.6) is 0 Å². The van der Waals surface area contributed by atoms with Gasteiger partial charge in [-0.1, -0.05) is 35.3 Å². The molecule has 1 aromatic rings. The average molecular weight is 320 g/mol. The molecule has 0 heterocycles. The van der Waals surface area contributed by atoms with E-state index in [2.05, 4.69) is 0 Å². The zero-order chi connectivity index (χ0) is 14.3. The quantitative estimate of drug-likeness (QED) is 0.342. The fraction of sp³-hybridized carbons (Fsp3) is 0.214. The molecule has 0 aromatic heterocycles. The molecule has 0 N–H and O–H groups in total. The first kappa shape index (κ1) is 16.1. The minimum atomic E-state index is -0.440. The van der Waals surface area contributed by atoms with Crippen LogP contribution in [0.2, 0.25) is 5.02 Å². The van der Waals surface area contributed by atoms with Gasteiger partial charge in [-0.25, -0.2) is 4.79 Å². The van der Waals surface area contributed by atoms with E-state index in [4.69, 9.17) is 39.5 Å². The summed E-state index contributed by atoms with van der Waals surface area (Å²) in [4.78, 5) is 11.5. The number of ether oxygens (including phenoxy) is 1. The summed E-state index contributed by atoms with van der Waals surface area (Å²) in [6, 6.07) is 7.11. The van der Waals surface area contributed by atoms with Crippen molar-refractivity contribution < 1.29 is 9.53 Å². The predicted molar refractivity (Wildman–Crippen MR) is 80.7 cm³/mol. The van der Waals surface area contributed by atoms with Crippen LogP contribution in [-0.4, -0.2) is 18.5 Å². The molecule has 0 unspecified atom stereocenters. The Balaban J connectivity index is 2.91. The van der Waals surface area contributed by atoms with Crippen molar-refractivity contribution in [3.63, 3.8) is 0 Å². The van der Waals surface area contributed by atoms with E-state index in [0.29, 0.717) is 22.2 Å². The minimum absolute atomic E-state index is 0.0645. The molecule has 19 heavy (non-hydrogen) atoms. The smallest absolute Gasteiger partial charge is 0.335 e. The number of carbonyl (C=O) groups excluding carboxylic acids is 1. The van der Waals surface area contributed by atoms with Crippen LogP contribution in [0.4, 0.5) is 0 Å². The molecule has 2 nitrogen and oxygen atoms in total. The second-order valence-corrected chi connectivity index (χ2v) is 4.68. The van der Waals surface area contributed by atoms with E-state index in [0.717, 1.165) is 5.56 Å². The minimum Gasteiger partial charge on any atom is -0.463 e. The number of carbonyl (C=O) groups is 1. The molecular formula is C14H13Cl3O2. The summed E-state index contributed by atoms with van der Waals surface area (Å²) in [6.45, 7) is 2.04. The highest BCUT2D eigenvalue weighted by atomic mass is 35.5. The lowest BCUT2D eigenvalue weighted by Crippen LogP contribution is -2.08. The Morgan fingerprint density at radius 1 is 1.37 bits per heavy atom. The van der Waals surface area contributed by atoms with E-state index in [9.17, 15) is 4.79 Å². The summed E-state index contributed by atoms with van der Waals surface area (Å²) in [7, 11) is 0. The number of alkyl halides is 1. The van der Waals surface area contributed by atoms with E-state index < -0.39 is 5.97 Å². The first-order valence-electron chi connectivity index (χ1n) is 5.63. The van der Waals surface area contributed by atoms with Crippen molar-refractivity contribution >= 4 is 45.8 Å². The van der Waals surface area contributed by atoms with Gasteiger partial charge in [-0.3, -0.25) is 0 Å². The molecule has 0 amide bonds. The first-order chi connectivity index (χ1) is 9.08. The molecule has 0 saturated carbocycles. The fourth-order valence-electron chi connectivity index (χ4n) is 1.30. The Kier molecular flexibility index (Phi) is 7.00. The summed E-state index contributed by atoms with van der Waals surface area (Å²) < 4.78 is 4.87. The number of hydrogen-bond donors (Lipinski definition) is 0. The van der Waals surface area contributed by atoms with Crippen molar-refractivity contribution in [2.75, 3.05) is 12.5 Å². The average Bonchev–Trinajstić information content (AvgIpc) is 2.39. The Morgan fingerprint density at radius 2 is 2.11 bits per heavy atom. The van der Waals surface area contributed by atoms with Crippen molar-refractivity contribution in [1.29, 1.82) is 0 Å². The Hall–Kier alpha value is -0.960. The third kappa shape index (κ3) is 5.27. The summed E-state index contributed by atoms with van der Waals surface area (Å²) in [6.07, 6.45) is 3.15. The van der Waals surface area contributed by atoms with Crippen molar-refractivity contribution in [3.8, 4) is 0 Å². The van der Waals surface area contributed by atoms with Gasteiger partial charge in [0, 0.05) is 10.1 Å². The van der Waals surface area contributed by atoms with Crippen LogP contribution in [0.15, 0.2) is 42.0 Å². The van der Waals surface area contributed by atoms with E-state index in [1.165, 1.54) is 0 Å². The maximum atomic E-state index is 11.5. The van der Waals surface area contributed by atoms with Crippen LogP contribution in [-0.2, 0) is 9.53 Å². The molecule has 5 heteroatoms. The molecule has 0 atom stereocenters. The lowest BCUT2D eigenvalue weighted by molar-refractivity contribution is -0.138. The highest BCUT2D eigenvalue weighted by Crippen LogP contribution is 2.22. The number of allylic oxidation sites excluding steroid dienone is 2. The van der Waals surface area contributed by atoms with Crippen molar-refractivity contribution in [3.05, 3.63) is 52.6 Å². The lowest BCUT2D eigenvalue weighted by atomic mass is 10.2. The Morgan fingerprint density at radius 3 is 2.68 bits per heavy atom. The zero-order valence-electron chi connectivity index (χ0n) is 10.3. The molecule has 0 fully saturated rings. The number of rotatable bonds is 5. The Bertz CT molecular complexity index is 507. The standard InChI is InChI=1S/C14H13Cl3O2/c1-2-19-14(18)11(9-15)6-7-13(17)10-4-3-5-12(16)8-10/h3-8H,2,9H2,1H3. The Labute approximate surface area is 127 Å².